The van der Waals surface area contributed by atoms with Crippen LogP contribution in [-0.4, -0.2) is 4.98 Å². The zero-order valence-corrected chi connectivity index (χ0v) is 8.69. The molecule has 68 valence electrons. The molecule has 2 atom stereocenters. The number of hydrogen-bond acceptors (Lipinski definition) is 3. The van der Waals surface area contributed by atoms with E-state index in [0.717, 1.165) is 12.1 Å². The lowest BCUT2D eigenvalue weighted by atomic mass is 9.98. The van der Waals surface area contributed by atoms with Crippen molar-refractivity contribution in [1.29, 1.82) is 0 Å². The second-order valence-corrected chi connectivity index (χ2v) is 4.10. The topological polar surface area (TPSA) is 38.9 Å². The molecule has 1 aromatic heterocycles. The molecule has 2 nitrogen and oxygen atoms in total. The van der Waals surface area contributed by atoms with Gasteiger partial charge in [-0.1, -0.05) is 20.3 Å². The van der Waals surface area contributed by atoms with E-state index in [9.17, 15) is 0 Å². The van der Waals surface area contributed by atoms with Gasteiger partial charge in [0.2, 0.25) is 0 Å². The SMILES string of the molecule is CCC(C)C(N)c1scnc1C. The number of rotatable bonds is 3. The van der Waals surface area contributed by atoms with Gasteiger partial charge in [-0.3, -0.25) is 0 Å². The highest BCUT2D eigenvalue weighted by molar-refractivity contribution is 7.09. The Balaban J connectivity index is 2.77. The third-order valence-electron chi connectivity index (χ3n) is 2.34. The lowest BCUT2D eigenvalue weighted by Gasteiger charge is -2.16. The number of thiazole rings is 1. The first-order chi connectivity index (χ1) is 5.66. The highest BCUT2D eigenvalue weighted by Gasteiger charge is 2.16. The van der Waals surface area contributed by atoms with E-state index in [1.165, 1.54) is 4.88 Å². The van der Waals surface area contributed by atoms with Crippen LogP contribution in [0.2, 0.25) is 0 Å². The molecule has 1 aromatic rings. The van der Waals surface area contributed by atoms with Gasteiger partial charge in [0, 0.05) is 10.9 Å². The highest BCUT2D eigenvalue weighted by Crippen LogP contribution is 2.27. The summed E-state index contributed by atoms with van der Waals surface area (Å²) in [4.78, 5) is 5.43. The van der Waals surface area contributed by atoms with Crippen molar-refractivity contribution in [2.24, 2.45) is 11.7 Å². The number of aromatic nitrogens is 1. The zero-order chi connectivity index (χ0) is 9.14. The van der Waals surface area contributed by atoms with Crippen molar-refractivity contribution in [3.63, 3.8) is 0 Å². The van der Waals surface area contributed by atoms with Gasteiger partial charge in [0.1, 0.15) is 0 Å². The highest BCUT2D eigenvalue weighted by atomic mass is 32.1. The molecule has 0 radical (unpaired) electrons. The molecule has 0 aliphatic rings. The summed E-state index contributed by atoms with van der Waals surface area (Å²) in [5.74, 6) is 0.546. The normalized spacial score (nSPS) is 16.0. The van der Waals surface area contributed by atoms with Crippen LogP contribution in [0.25, 0.3) is 0 Å². The van der Waals surface area contributed by atoms with Crippen LogP contribution in [0.4, 0.5) is 0 Å². The molecule has 1 heterocycles. The van der Waals surface area contributed by atoms with E-state index in [0.29, 0.717) is 5.92 Å². The van der Waals surface area contributed by atoms with Crippen LogP contribution in [-0.2, 0) is 0 Å². The summed E-state index contributed by atoms with van der Waals surface area (Å²) < 4.78 is 0. The Morgan fingerprint density at radius 1 is 1.67 bits per heavy atom. The average Bonchev–Trinajstić information content (AvgIpc) is 2.48. The van der Waals surface area contributed by atoms with Gasteiger partial charge in [0.25, 0.3) is 0 Å². The van der Waals surface area contributed by atoms with Gasteiger partial charge in [0.15, 0.2) is 0 Å². The predicted molar refractivity (Wildman–Crippen MR) is 53.2 cm³/mol. The fourth-order valence-corrected chi connectivity index (χ4v) is 2.08. The van der Waals surface area contributed by atoms with Gasteiger partial charge in [-0.25, -0.2) is 4.98 Å². The van der Waals surface area contributed by atoms with E-state index in [2.05, 4.69) is 18.8 Å². The number of aryl methyl sites for hydroxylation is 1. The second kappa shape index (κ2) is 4.01. The Hall–Kier alpha value is -0.410. The Bertz CT molecular complexity index is 244. The molecule has 3 heteroatoms. The summed E-state index contributed by atoms with van der Waals surface area (Å²) in [6.07, 6.45) is 1.12. The first kappa shape index (κ1) is 9.68. The summed E-state index contributed by atoms with van der Waals surface area (Å²) in [7, 11) is 0. The Kier molecular flexibility index (Phi) is 3.23. The maximum Gasteiger partial charge on any atom is 0.0798 e. The fourth-order valence-electron chi connectivity index (χ4n) is 1.14. The summed E-state index contributed by atoms with van der Waals surface area (Å²) in [5, 5.41) is 0. The molecular formula is C9H16N2S. The van der Waals surface area contributed by atoms with Crippen LogP contribution in [0, 0.1) is 12.8 Å². The predicted octanol–water partition coefficient (Wildman–Crippen LogP) is 2.50. The minimum Gasteiger partial charge on any atom is -0.323 e. The third-order valence-corrected chi connectivity index (χ3v) is 3.37. The van der Waals surface area contributed by atoms with Gasteiger partial charge >= 0.3 is 0 Å². The Morgan fingerprint density at radius 2 is 2.33 bits per heavy atom. The minimum absolute atomic E-state index is 0.169. The van der Waals surface area contributed by atoms with Crippen molar-refractivity contribution in [3.8, 4) is 0 Å². The first-order valence-electron chi connectivity index (χ1n) is 4.32. The quantitative estimate of drug-likeness (QED) is 0.784. The molecule has 2 N–H and O–H groups in total. The van der Waals surface area contributed by atoms with Gasteiger partial charge in [-0.15, -0.1) is 11.3 Å². The van der Waals surface area contributed by atoms with Crippen LogP contribution in [0.15, 0.2) is 5.51 Å². The van der Waals surface area contributed by atoms with Crippen molar-refractivity contribution >= 4 is 11.3 Å². The van der Waals surface area contributed by atoms with E-state index in [1.807, 2.05) is 12.4 Å². The molecule has 0 aromatic carbocycles. The van der Waals surface area contributed by atoms with E-state index in [-0.39, 0.29) is 6.04 Å². The second-order valence-electron chi connectivity index (χ2n) is 3.21. The maximum absolute atomic E-state index is 6.06. The van der Waals surface area contributed by atoms with Crippen LogP contribution < -0.4 is 5.73 Å². The summed E-state index contributed by atoms with van der Waals surface area (Å²) >= 11 is 1.67. The van der Waals surface area contributed by atoms with Crippen LogP contribution in [0.1, 0.15) is 36.9 Å². The number of nitrogens with two attached hydrogens (primary N) is 1. The van der Waals surface area contributed by atoms with E-state index < -0.39 is 0 Å². The van der Waals surface area contributed by atoms with E-state index in [4.69, 9.17) is 5.73 Å². The summed E-state index contributed by atoms with van der Waals surface area (Å²) in [6.45, 7) is 6.37. The monoisotopic (exact) mass is 184 g/mol. The van der Waals surface area contributed by atoms with Gasteiger partial charge in [0.05, 0.1) is 11.2 Å². The maximum atomic E-state index is 6.06. The fraction of sp³-hybridized carbons (Fsp3) is 0.667. The Morgan fingerprint density at radius 3 is 2.75 bits per heavy atom. The molecule has 0 aliphatic heterocycles. The zero-order valence-electron chi connectivity index (χ0n) is 7.87. The van der Waals surface area contributed by atoms with Crippen molar-refractivity contribution in [2.45, 2.75) is 33.2 Å². The molecule has 2 unspecified atom stereocenters. The molecule has 1 rings (SSSR count). The van der Waals surface area contributed by atoms with E-state index in [1.54, 1.807) is 11.3 Å². The molecule has 12 heavy (non-hydrogen) atoms. The molecule has 0 amide bonds. The average molecular weight is 184 g/mol. The van der Waals surface area contributed by atoms with Gasteiger partial charge in [-0.05, 0) is 12.8 Å². The van der Waals surface area contributed by atoms with E-state index >= 15 is 0 Å². The van der Waals surface area contributed by atoms with Crippen molar-refractivity contribution in [2.75, 3.05) is 0 Å². The standard InChI is InChI=1S/C9H16N2S/c1-4-6(2)8(10)9-7(3)11-5-12-9/h5-6,8H,4,10H2,1-3H3. The third kappa shape index (κ3) is 1.84. The van der Waals surface area contributed by atoms with Crippen LogP contribution in [0.5, 0.6) is 0 Å². The van der Waals surface area contributed by atoms with Gasteiger partial charge in [-0.2, -0.15) is 0 Å². The first-order valence-corrected chi connectivity index (χ1v) is 5.20. The van der Waals surface area contributed by atoms with Gasteiger partial charge < -0.3 is 5.73 Å². The molecule has 0 saturated carbocycles. The molecule has 0 fully saturated rings. The molecule has 0 bridgehead atoms. The van der Waals surface area contributed by atoms with Crippen LogP contribution >= 0.6 is 11.3 Å². The largest absolute Gasteiger partial charge is 0.323 e. The lowest BCUT2D eigenvalue weighted by Crippen LogP contribution is -2.18. The molecule has 0 spiro atoms. The van der Waals surface area contributed by atoms with Crippen molar-refractivity contribution < 1.29 is 0 Å². The lowest BCUT2D eigenvalue weighted by molar-refractivity contribution is 0.460. The number of hydrogen-bond donors (Lipinski definition) is 1. The van der Waals surface area contributed by atoms with Crippen molar-refractivity contribution in [3.05, 3.63) is 16.1 Å². The molecule has 0 aliphatic carbocycles. The van der Waals surface area contributed by atoms with Crippen LogP contribution in [0.3, 0.4) is 0 Å². The summed E-state index contributed by atoms with van der Waals surface area (Å²) in [6, 6.07) is 0.169. The molecular weight excluding hydrogens is 168 g/mol. The van der Waals surface area contributed by atoms with Crippen molar-refractivity contribution in [1.82, 2.24) is 4.98 Å². The Labute approximate surface area is 77.8 Å². The minimum atomic E-state index is 0.169. The summed E-state index contributed by atoms with van der Waals surface area (Å²) in [5.41, 5.74) is 9.02. The smallest absolute Gasteiger partial charge is 0.0798 e. The molecule has 0 saturated heterocycles. The number of nitrogens with zero attached hydrogens (tertiary/aromatic N) is 1.